The highest BCUT2D eigenvalue weighted by Crippen LogP contribution is 2.46. The number of H-pyrrole nitrogens is 1. The lowest BCUT2D eigenvalue weighted by Gasteiger charge is -2.11. The van der Waals surface area contributed by atoms with Gasteiger partial charge in [-0.1, -0.05) is 12.1 Å². The van der Waals surface area contributed by atoms with E-state index in [2.05, 4.69) is 15.2 Å². The Morgan fingerprint density at radius 3 is 2.44 bits per heavy atom. The molecule has 4 N–H and O–H groups in total. The van der Waals surface area contributed by atoms with Crippen LogP contribution in [0.1, 0.15) is 6.42 Å². The van der Waals surface area contributed by atoms with Gasteiger partial charge in [0.05, 0.1) is 23.3 Å². The van der Waals surface area contributed by atoms with Gasteiger partial charge in [-0.05, 0) is 30.2 Å². The minimum atomic E-state index is -0.201. The number of imidazole rings is 1. The SMILES string of the molecule is Oc1ccc(-c2c(O)c(O)n(CCCn3ccnc3)c2-c2ccn[nH]2)cc1. The van der Waals surface area contributed by atoms with E-state index in [0.717, 1.165) is 13.0 Å². The maximum atomic E-state index is 10.6. The van der Waals surface area contributed by atoms with Gasteiger partial charge in [-0.3, -0.25) is 5.10 Å². The number of aromatic hydroxyl groups is 3. The van der Waals surface area contributed by atoms with E-state index in [-0.39, 0.29) is 17.4 Å². The van der Waals surface area contributed by atoms with E-state index in [1.807, 2.05) is 10.8 Å². The summed E-state index contributed by atoms with van der Waals surface area (Å²) in [6, 6.07) is 8.25. The first-order chi connectivity index (χ1) is 13.1. The van der Waals surface area contributed by atoms with Crippen LogP contribution in [-0.4, -0.2) is 39.6 Å². The number of phenols is 1. The minimum Gasteiger partial charge on any atom is -0.508 e. The number of hydrogen-bond acceptors (Lipinski definition) is 5. The molecule has 0 spiro atoms. The van der Waals surface area contributed by atoms with E-state index in [9.17, 15) is 15.3 Å². The summed E-state index contributed by atoms with van der Waals surface area (Å²) in [6.45, 7) is 1.22. The predicted molar refractivity (Wildman–Crippen MR) is 99.3 cm³/mol. The van der Waals surface area contributed by atoms with Crippen LogP contribution in [0.3, 0.4) is 0 Å². The molecule has 0 fully saturated rings. The highest BCUT2D eigenvalue weighted by atomic mass is 16.3. The van der Waals surface area contributed by atoms with E-state index < -0.39 is 0 Å². The number of nitrogens with one attached hydrogen (secondary N) is 1. The third-order valence-electron chi connectivity index (χ3n) is 4.48. The zero-order chi connectivity index (χ0) is 18.8. The standard InChI is InChI=1S/C19H19N5O3/c25-14-4-2-13(3-5-14)16-17(15-6-7-21-22-15)24(19(27)18(16)26)10-1-9-23-11-8-20-12-23/h2-8,11-12,25-27H,1,9-10H2,(H,21,22). The van der Waals surface area contributed by atoms with Gasteiger partial charge in [0.1, 0.15) is 5.75 Å². The molecule has 0 aliphatic heterocycles. The van der Waals surface area contributed by atoms with Crippen molar-refractivity contribution in [3.05, 3.63) is 55.2 Å². The fraction of sp³-hybridized carbons (Fsp3) is 0.158. The van der Waals surface area contributed by atoms with Crippen molar-refractivity contribution < 1.29 is 15.3 Å². The van der Waals surface area contributed by atoms with Crippen LogP contribution in [0, 0.1) is 0 Å². The normalized spacial score (nSPS) is 11.1. The molecule has 0 aliphatic rings. The van der Waals surface area contributed by atoms with Gasteiger partial charge < -0.3 is 24.5 Å². The molecular formula is C19H19N5O3. The number of nitrogens with zero attached hydrogens (tertiary/aromatic N) is 4. The molecular weight excluding hydrogens is 346 g/mol. The first-order valence-electron chi connectivity index (χ1n) is 8.54. The summed E-state index contributed by atoms with van der Waals surface area (Å²) < 4.78 is 3.62. The largest absolute Gasteiger partial charge is 0.508 e. The van der Waals surface area contributed by atoms with E-state index in [1.54, 1.807) is 53.6 Å². The van der Waals surface area contributed by atoms with Crippen molar-refractivity contribution in [2.24, 2.45) is 0 Å². The Hall–Kier alpha value is -3.68. The van der Waals surface area contributed by atoms with Crippen LogP contribution in [0.15, 0.2) is 55.2 Å². The number of rotatable bonds is 6. The van der Waals surface area contributed by atoms with Gasteiger partial charge in [-0.2, -0.15) is 5.10 Å². The molecule has 27 heavy (non-hydrogen) atoms. The Bertz CT molecular complexity index is 1020. The molecule has 0 aliphatic carbocycles. The van der Waals surface area contributed by atoms with Crippen LogP contribution >= 0.6 is 0 Å². The fourth-order valence-electron chi connectivity index (χ4n) is 3.21. The molecule has 0 amide bonds. The second kappa shape index (κ2) is 6.91. The number of benzene rings is 1. The number of phenolic OH excluding ortho intramolecular Hbond substituents is 1. The van der Waals surface area contributed by atoms with Gasteiger partial charge >= 0.3 is 0 Å². The predicted octanol–water partition coefficient (Wildman–Crippen LogP) is 2.95. The average Bonchev–Trinajstić information content (AvgIpc) is 3.41. The smallest absolute Gasteiger partial charge is 0.235 e. The van der Waals surface area contributed by atoms with Crippen LogP contribution in [0.5, 0.6) is 17.4 Å². The van der Waals surface area contributed by atoms with E-state index in [1.165, 1.54) is 0 Å². The van der Waals surface area contributed by atoms with Crippen molar-refractivity contribution in [2.75, 3.05) is 0 Å². The van der Waals surface area contributed by atoms with Gasteiger partial charge in [-0.25, -0.2) is 4.98 Å². The molecule has 0 saturated heterocycles. The number of aromatic nitrogens is 5. The monoisotopic (exact) mass is 365 g/mol. The van der Waals surface area contributed by atoms with Gasteiger partial charge in [0.25, 0.3) is 0 Å². The molecule has 8 heteroatoms. The lowest BCUT2D eigenvalue weighted by atomic mass is 10.0. The molecule has 4 rings (SSSR count). The molecule has 0 saturated carbocycles. The molecule has 3 heterocycles. The van der Waals surface area contributed by atoms with Gasteiger partial charge in [0, 0.05) is 31.7 Å². The summed E-state index contributed by atoms with van der Waals surface area (Å²) in [7, 11) is 0. The van der Waals surface area contributed by atoms with Crippen molar-refractivity contribution in [1.82, 2.24) is 24.3 Å². The lowest BCUT2D eigenvalue weighted by molar-refractivity contribution is 0.368. The molecule has 138 valence electrons. The van der Waals surface area contributed by atoms with Crippen LogP contribution in [-0.2, 0) is 13.1 Å². The van der Waals surface area contributed by atoms with Crippen molar-refractivity contribution in [3.8, 4) is 39.9 Å². The fourth-order valence-corrected chi connectivity index (χ4v) is 3.21. The zero-order valence-electron chi connectivity index (χ0n) is 14.4. The summed E-state index contributed by atoms with van der Waals surface area (Å²) in [5.41, 5.74) is 2.48. The molecule has 0 radical (unpaired) electrons. The van der Waals surface area contributed by atoms with Crippen LogP contribution < -0.4 is 0 Å². The Morgan fingerprint density at radius 2 is 1.78 bits per heavy atom. The quantitative estimate of drug-likeness (QED) is 0.420. The molecule has 0 atom stereocenters. The van der Waals surface area contributed by atoms with Crippen molar-refractivity contribution in [3.63, 3.8) is 0 Å². The molecule has 3 aromatic heterocycles. The second-order valence-corrected chi connectivity index (χ2v) is 6.22. The maximum Gasteiger partial charge on any atom is 0.235 e. The van der Waals surface area contributed by atoms with E-state index in [4.69, 9.17) is 0 Å². The Morgan fingerprint density at radius 1 is 0.963 bits per heavy atom. The summed E-state index contributed by atoms with van der Waals surface area (Å²) in [6.07, 6.45) is 7.69. The molecule has 1 aromatic carbocycles. The summed E-state index contributed by atoms with van der Waals surface area (Å²) in [5, 5.41) is 37.7. The van der Waals surface area contributed by atoms with Gasteiger partial charge in [0.15, 0.2) is 5.75 Å². The highest BCUT2D eigenvalue weighted by molar-refractivity contribution is 5.87. The number of aryl methyl sites for hydroxylation is 1. The van der Waals surface area contributed by atoms with Crippen molar-refractivity contribution in [1.29, 1.82) is 0 Å². The summed E-state index contributed by atoms with van der Waals surface area (Å²) in [5.74, 6) is -0.272. The molecule has 0 bridgehead atoms. The molecule has 8 nitrogen and oxygen atoms in total. The van der Waals surface area contributed by atoms with Crippen LogP contribution in [0.2, 0.25) is 0 Å². The van der Waals surface area contributed by atoms with E-state index in [0.29, 0.717) is 29.1 Å². The lowest BCUT2D eigenvalue weighted by Crippen LogP contribution is -2.04. The minimum absolute atomic E-state index is 0.130. The first kappa shape index (κ1) is 16.8. The molecule has 4 aromatic rings. The Kier molecular flexibility index (Phi) is 4.29. The first-order valence-corrected chi connectivity index (χ1v) is 8.54. The molecule has 0 unspecified atom stereocenters. The number of aromatic amines is 1. The number of hydrogen-bond donors (Lipinski definition) is 4. The second-order valence-electron chi connectivity index (χ2n) is 6.22. The van der Waals surface area contributed by atoms with Crippen molar-refractivity contribution in [2.45, 2.75) is 19.5 Å². The summed E-state index contributed by atoms with van der Waals surface area (Å²) in [4.78, 5) is 4.02. The van der Waals surface area contributed by atoms with Crippen molar-refractivity contribution >= 4 is 0 Å². The van der Waals surface area contributed by atoms with Gasteiger partial charge in [-0.15, -0.1) is 0 Å². The Labute approximate surface area is 155 Å². The van der Waals surface area contributed by atoms with Crippen LogP contribution in [0.4, 0.5) is 0 Å². The highest BCUT2D eigenvalue weighted by Gasteiger charge is 2.25. The van der Waals surface area contributed by atoms with E-state index >= 15 is 0 Å². The zero-order valence-corrected chi connectivity index (χ0v) is 14.4. The van der Waals surface area contributed by atoms with Gasteiger partial charge in [0.2, 0.25) is 5.88 Å². The third-order valence-corrected chi connectivity index (χ3v) is 4.48. The topological polar surface area (TPSA) is 112 Å². The maximum absolute atomic E-state index is 10.6. The van der Waals surface area contributed by atoms with Crippen LogP contribution in [0.25, 0.3) is 22.5 Å². The Balaban J connectivity index is 1.76. The third kappa shape index (κ3) is 3.12. The average molecular weight is 365 g/mol. The summed E-state index contributed by atoms with van der Waals surface area (Å²) >= 11 is 0.